The summed E-state index contributed by atoms with van der Waals surface area (Å²) in [5.41, 5.74) is -0.327. The molecular weight excluding hydrogens is 358 g/mol. The van der Waals surface area contributed by atoms with Gasteiger partial charge in [0.2, 0.25) is 0 Å². The van der Waals surface area contributed by atoms with E-state index in [0.29, 0.717) is 15.5 Å². The third-order valence-corrected chi connectivity index (χ3v) is 8.32. The zero-order valence-electron chi connectivity index (χ0n) is 12.0. The molecule has 1 heterocycles. The van der Waals surface area contributed by atoms with Gasteiger partial charge in [0.05, 0.1) is 0 Å². The van der Waals surface area contributed by atoms with Crippen LogP contribution in [0.1, 0.15) is 44.4 Å². The van der Waals surface area contributed by atoms with E-state index in [1.807, 2.05) is 13.0 Å². The van der Waals surface area contributed by atoms with Crippen LogP contribution in [0.3, 0.4) is 0 Å². The predicted molar refractivity (Wildman–Crippen MR) is 88.2 cm³/mol. The van der Waals surface area contributed by atoms with Gasteiger partial charge in [0, 0.05) is 15.7 Å². The number of hydrogen-bond donors (Lipinski definition) is 1. The number of aryl methyl sites for hydroxylation is 1. The van der Waals surface area contributed by atoms with Crippen LogP contribution in [0.4, 0.5) is 0 Å². The average molecular weight is 380 g/mol. The minimum Gasteiger partial charge on any atom is -0.206 e. The van der Waals surface area contributed by atoms with Crippen molar-refractivity contribution in [2.75, 3.05) is 5.33 Å². The van der Waals surface area contributed by atoms with E-state index < -0.39 is 10.0 Å². The lowest BCUT2D eigenvalue weighted by Crippen LogP contribution is -2.52. The Morgan fingerprint density at radius 3 is 2.80 bits per heavy atom. The van der Waals surface area contributed by atoms with Crippen LogP contribution in [-0.4, -0.2) is 19.3 Å². The lowest BCUT2D eigenvalue weighted by atomic mass is 9.78. The third-order valence-electron chi connectivity index (χ3n) is 3.95. The normalized spacial score (nSPS) is 27.6. The number of hydrogen-bond acceptors (Lipinski definition) is 3. The van der Waals surface area contributed by atoms with Gasteiger partial charge >= 0.3 is 0 Å². The number of thiophene rings is 1. The Morgan fingerprint density at radius 2 is 2.25 bits per heavy atom. The summed E-state index contributed by atoms with van der Waals surface area (Å²) in [6, 6.07) is 3.63. The van der Waals surface area contributed by atoms with Crippen LogP contribution >= 0.6 is 27.3 Å². The van der Waals surface area contributed by atoms with Crippen molar-refractivity contribution >= 4 is 37.3 Å². The molecule has 20 heavy (non-hydrogen) atoms. The molecule has 0 amide bonds. The van der Waals surface area contributed by atoms with E-state index in [1.165, 1.54) is 17.8 Å². The zero-order chi connectivity index (χ0) is 14.8. The van der Waals surface area contributed by atoms with E-state index in [-0.39, 0.29) is 5.54 Å². The first-order valence-electron chi connectivity index (χ1n) is 7.09. The summed E-state index contributed by atoms with van der Waals surface area (Å²) in [6.45, 7) is 4.24. The van der Waals surface area contributed by atoms with Gasteiger partial charge in [0.25, 0.3) is 10.0 Å². The van der Waals surface area contributed by atoms with E-state index in [2.05, 4.69) is 27.6 Å². The summed E-state index contributed by atoms with van der Waals surface area (Å²) in [4.78, 5) is 1.11. The number of nitrogens with one attached hydrogen (secondary N) is 1. The monoisotopic (exact) mass is 379 g/mol. The SMILES string of the molecule is CCc1ccc(S(=O)(=O)NC2(CBr)CCCC(C)C2)s1. The fourth-order valence-corrected chi connectivity index (χ4v) is 6.50. The number of rotatable bonds is 5. The van der Waals surface area contributed by atoms with Crippen molar-refractivity contribution < 1.29 is 8.42 Å². The van der Waals surface area contributed by atoms with Crippen molar-refractivity contribution in [3.63, 3.8) is 0 Å². The van der Waals surface area contributed by atoms with Crippen molar-refractivity contribution in [2.24, 2.45) is 5.92 Å². The van der Waals surface area contributed by atoms with Gasteiger partial charge in [-0.05, 0) is 37.3 Å². The molecule has 0 bridgehead atoms. The Kier molecular flexibility index (Phi) is 5.32. The van der Waals surface area contributed by atoms with Crippen molar-refractivity contribution in [1.29, 1.82) is 0 Å². The first-order valence-corrected chi connectivity index (χ1v) is 10.5. The quantitative estimate of drug-likeness (QED) is 0.787. The van der Waals surface area contributed by atoms with E-state index in [9.17, 15) is 8.42 Å². The summed E-state index contributed by atoms with van der Waals surface area (Å²) in [6.07, 6.45) is 4.97. The molecular formula is C14H22BrNO2S2. The van der Waals surface area contributed by atoms with Crippen LogP contribution in [0.15, 0.2) is 16.3 Å². The highest BCUT2D eigenvalue weighted by atomic mass is 79.9. The molecule has 2 rings (SSSR count). The molecule has 2 unspecified atom stereocenters. The van der Waals surface area contributed by atoms with Gasteiger partial charge in [-0.15, -0.1) is 11.3 Å². The summed E-state index contributed by atoms with van der Waals surface area (Å²) in [7, 11) is -3.40. The summed E-state index contributed by atoms with van der Waals surface area (Å²) < 4.78 is 28.6. The second kappa shape index (κ2) is 6.46. The van der Waals surface area contributed by atoms with E-state index in [1.54, 1.807) is 6.07 Å². The van der Waals surface area contributed by atoms with Gasteiger partial charge in [-0.3, -0.25) is 0 Å². The van der Waals surface area contributed by atoms with Crippen molar-refractivity contribution in [1.82, 2.24) is 4.72 Å². The molecule has 0 saturated heterocycles. The molecule has 1 aliphatic rings. The molecule has 1 N–H and O–H groups in total. The Balaban J connectivity index is 2.21. The molecule has 114 valence electrons. The van der Waals surface area contributed by atoms with Crippen LogP contribution in [0.2, 0.25) is 0 Å². The highest BCUT2D eigenvalue weighted by molar-refractivity contribution is 9.09. The van der Waals surface area contributed by atoms with Gasteiger partial charge in [0.15, 0.2) is 0 Å². The minimum absolute atomic E-state index is 0.327. The van der Waals surface area contributed by atoms with Crippen LogP contribution in [0.5, 0.6) is 0 Å². The second-order valence-corrected chi connectivity index (χ2v) is 9.43. The summed E-state index contributed by atoms with van der Waals surface area (Å²) in [5, 5.41) is 0.676. The van der Waals surface area contributed by atoms with Gasteiger partial charge in [-0.2, -0.15) is 0 Å². The van der Waals surface area contributed by atoms with Crippen LogP contribution in [0, 0.1) is 5.92 Å². The van der Waals surface area contributed by atoms with Crippen LogP contribution < -0.4 is 4.72 Å². The first kappa shape index (κ1) is 16.5. The topological polar surface area (TPSA) is 46.2 Å². The summed E-state index contributed by atoms with van der Waals surface area (Å²) in [5.74, 6) is 0.568. The molecule has 3 nitrogen and oxygen atoms in total. The van der Waals surface area contributed by atoms with Gasteiger partial charge in [0.1, 0.15) is 4.21 Å². The lowest BCUT2D eigenvalue weighted by molar-refractivity contribution is 0.242. The standard InChI is InChI=1S/C14H22BrNO2S2/c1-3-12-6-7-13(19-12)20(17,18)16-14(10-15)8-4-5-11(2)9-14/h6-7,11,16H,3-5,8-10H2,1-2H3. The second-order valence-electron chi connectivity index (χ2n) is 5.80. The Bertz CT molecular complexity index is 555. The molecule has 0 spiro atoms. The first-order chi connectivity index (χ1) is 9.41. The lowest BCUT2D eigenvalue weighted by Gasteiger charge is -2.39. The fourth-order valence-electron chi connectivity index (χ4n) is 2.93. The molecule has 0 aliphatic heterocycles. The molecule has 1 aliphatic carbocycles. The highest BCUT2D eigenvalue weighted by Crippen LogP contribution is 2.35. The molecule has 1 fully saturated rings. The van der Waals surface area contributed by atoms with E-state index in [4.69, 9.17) is 0 Å². The maximum absolute atomic E-state index is 12.6. The van der Waals surface area contributed by atoms with Crippen molar-refractivity contribution in [3.8, 4) is 0 Å². The molecule has 0 aromatic carbocycles. The van der Waals surface area contributed by atoms with Crippen molar-refractivity contribution in [3.05, 3.63) is 17.0 Å². The maximum Gasteiger partial charge on any atom is 0.250 e. The van der Waals surface area contributed by atoms with Gasteiger partial charge < -0.3 is 0 Å². The maximum atomic E-state index is 12.6. The van der Waals surface area contributed by atoms with Gasteiger partial charge in [-0.25, -0.2) is 13.1 Å². The minimum atomic E-state index is -3.40. The molecule has 2 atom stereocenters. The molecule has 1 saturated carbocycles. The summed E-state index contributed by atoms with van der Waals surface area (Å²) >= 11 is 4.89. The predicted octanol–water partition coefficient (Wildman–Crippen LogP) is 3.93. The Morgan fingerprint density at radius 1 is 1.50 bits per heavy atom. The highest BCUT2D eigenvalue weighted by Gasteiger charge is 2.38. The number of sulfonamides is 1. The van der Waals surface area contributed by atoms with Crippen LogP contribution in [0.25, 0.3) is 0 Å². The Hall–Kier alpha value is 0.0900. The van der Waals surface area contributed by atoms with Crippen molar-refractivity contribution in [2.45, 2.75) is 55.7 Å². The van der Waals surface area contributed by atoms with E-state index in [0.717, 1.165) is 30.6 Å². The Labute approximate surface area is 134 Å². The smallest absolute Gasteiger partial charge is 0.206 e. The zero-order valence-corrected chi connectivity index (χ0v) is 15.2. The average Bonchev–Trinajstić information content (AvgIpc) is 2.88. The molecule has 6 heteroatoms. The van der Waals surface area contributed by atoms with Crippen LogP contribution in [-0.2, 0) is 16.4 Å². The number of alkyl halides is 1. The van der Waals surface area contributed by atoms with Gasteiger partial charge in [-0.1, -0.05) is 42.6 Å². The molecule has 1 aromatic heterocycles. The largest absolute Gasteiger partial charge is 0.250 e. The van der Waals surface area contributed by atoms with E-state index >= 15 is 0 Å². The third kappa shape index (κ3) is 3.64. The fraction of sp³-hybridized carbons (Fsp3) is 0.714. The molecule has 0 radical (unpaired) electrons. The molecule has 1 aromatic rings. The number of halogens is 1.